The Balaban J connectivity index is 0.00000126. The molecule has 0 radical (unpaired) electrons. The lowest BCUT2D eigenvalue weighted by Gasteiger charge is -2.12. The minimum atomic E-state index is 0.112. The summed E-state index contributed by atoms with van der Waals surface area (Å²) in [7, 11) is 0. The summed E-state index contributed by atoms with van der Waals surface area (Å²) in [6, 6.07) is 15.0. The standard InChI is InChI=1S/C18H15ClN4O2.C2H6/c19-15-8-13(23-18-14(9-24)17(20)21-11-22-18)6-7-16(15)25-10-12-4-2-1-3-5-12;1-2/h1-9,11H,10H2,(H3,20,21,22,23);1-2H3. The number of nitrogens with one attached hydrogen (secondary N) is 1. The molecule has 3 aromatic rings. The molecule has 0 spiro atoms. The molecule has 0 aliphatic rings. The Morgan fingerprint density at radius 2 is 1.89 bits per heavy atom. The molecule has 1 heterocycles. The topological polar surface area (TPSA) is 90.1 Å². The average molecular weight is 385 g/mol. The molecule has 0 amide bonds. The summed E-state index contributed by atoms with van der Waals surface area (Å²) in [6.07, 6.45) is 1.89. The molecule has 2 aromatic carbocycles. The Morgan fingerprint density at radius 3 is 2.56 bits per heavy atom. The van der Waals surface area contributed by atoms with Crippen molar-refractivity contribution in [2.45, 2.75) is 20.5 Å². The van der Waals surface area contributed by atoms with Crippen molar-refractivity contribution in [2.24, 2.45) is 0 Å². The molecule has 140 valence electrons. The van der Waals surface area contributed by atoms with Crippen LogP contribution in [-0.2, 0) is 6.61 Å². The van der Waals surface area contributed by atoms with Gasteiger partial charge in [0.15, 0.2) is 6.29 Å². The van der Waals surface area contributed by atoms with Gasteiger partial charge in [-0.15, -0.1) is 0 Å². The first-order valence-corrected chi connectivity index (χ1v) is 8.84. The number of ether oxygens (including phenoxy) is 1. The molecule has 7 heteroatoms. The highest BCUT2D eigenvalue weighted by Gasteiger charge is 2.10. The molecule has 0 saturated heterocycles. The summed E-state index contributed by atoms with van der Waals surface area (Å²) >= 11 is 6.27. The van der Waals surface area contributed by atoms with Gasteiger partial charge >= 0.3 is 0 Å². The predicted octanol–water partition coefficient (Wildman–Crippen LogP) is 4.87. The monoisotopic (exact) mass is 384 g/mol. The first-order chi connectivity index (χ1) is 13.2. The van der Waals surface area contributed by atoms with Gasteiger partial charge in [0.2, 0.25) is 0 Å². The molecule has 3 N–H and O–H groups in total. The maximum Gasteiger partial charge on any atom is 0.157 e. The fraction of sp³-hybridized carbons (Fsp3) is 0.150. The molecule has 0 saturated carbocycles. The third-order valence-electron chi connectivity index (χ3n) is 3.46. The van der Waals surface area contributed by atoms with Gasteiger partial charge in [0.1, 0.15) is 30.3 Å². The number of hydrogen-bond donors (Lipinski definition) is 2. The Morgan fingerprint density at radius 1 is 1.15 bits per heavy atom. The van der Waals surface area contributed by atoms with Crippen LogP contribution in [-0.4, -0.2) is 16.3 Å². The molecular weight excluding hydrogens is 364 g/mol. The van der Waals surface area contributed by atoms with Gasteiger partial charge in [-0.1, -0.05) is 55.8 Å². The first kappa shape index (κ1) is 20.2. The summed E-state index contributed by atoms with van der Waals surface area (Å²) in [4.78, 5) is 18.9. The van der Waals surface area contributed by atoms with E-state index in [2.05, 4.69) is 15.3 Å². The second-order valence-electron chi connectivity index (χ2n) is 5.18. The molecule has 0 aliphatic heterocycles. The Kier molecular flexibility index (Phi) is 7.58. The van der Waals surface area contributed by atoms with Gasteiger partial charge in [0.05, 0.1) is 10.6 Å². The van der Waals surface area contributed by atoms with Crippen molar-refractivity contribution >= 4 is 35.2 Å². The molecule has 0 atom stereocenters. The van der Waals surface area contributed by atoms with E-state index in [1.54, 1.807) is 18.2 Å². The average Bonchev–Trinajstić information content (AvgIpc) is 2.70. The van der Waals surface area contributed by atoms with Gasteiger partial charge in [0, 0.05) is 5.69 Å². The number of nitrogens with zero attached hydrogens (tertiary/aromatic N) is 2. The fourth-order valence-corrected chi connectivity index (χ4v) is 2.43. The Labute approximate surface area is 163 Å². The van der Waals surface area contributed by atoms with Crippen molar-refractivity contribution in [2.75, 3.05) is 11.1 Å². The number of carbonyl (C=O) groups excluding carboxylic acids is 1. The van der Waals surface area contributed by atoms with Gasteiger partial charge in [-0.25, -0.2) is 9.97 Å². The zero-order chi connectivity index (χ0) is 19.6. The number of aromatic nitrogens is 2. The normalized spacial score (nSPS) is 9.74. The summed E-state index contributed by atoms with van der Waals surface area (Å²) in [5.74, 6) is 0.992. The molecule has 0 aliphatic carbocycles. The minimum Gasteiger partial charge on any atom is -0.487 e. The second kappa shape index (κ2) is 10.1. The van der Waals surface area contributed by atoms with E-state index in [0.717, 1.165) is 5.56 Å². The fourth-order valence-electron chi connectivity index (χ4n) is 2.19. The van der Waals surface area contributed by atoms with Crippen LogP contribution in [0.4, 0.5) is 17.3 Å². The first-order valence-electron chi connectivity index (χ1n) is 8.46. The lowest BCUT2D eigenvalue weighted by Crippen LogP contribution is -2.04. The van der Waals surface area contributed by atoms with Crippen LogP contribution in [0.3, 0.4) is 0 Å². The number of hydrogen-bond acceptors (Lipinski definition) is 6. The highest BCUT2D eigenvalue weighted by atomic mass is 35.5. The smallest absolute Gasteiger partial charge is 0.157 e. The van der Waals surface area contributed by atoms with Gasteiger partial charge in [-0.3, -0.25) is 4.79 Å². The van der Waals surface area contributed by atoms with Crippen molar-refractivity contribution in [1.29, 1.82) is 0 Å². The molecule has 0 fully saturated rings. The summed E-state index contributed by atoms with van der Waals surface area (Å²) in [5.41, 5.74) is 7.56. The second-order valence-corrected chi connectivity index (χ2v) is 5.59. The number of rotatable bonds is 6. The highest BCUT2D eigenvalue weighted by Crippen LogP contribution is 2.30. The minimum absolute atomic E-state index is 0.112. The number of nitrogen functional groups attached to an aromatic ring is 1. The van der Waals surface area contributed by atoms with Crippen LogP contribution in [0.1, 0.15) is 29.8 Å². The number of nitrogens with two attached hydrogens (primary N) is 1. The van der Waals surface area contributed by atoms with Crippen LogP contribution >= 0.6 is 11.6 Å². The van der Waals surface area contributed by atoms with Gasteiger partial charge in [0.25, 0.3) is 0 Å². The van der Waals surface area contributed by atoms with Crippen LogP contribution in [0.25, 0.3) is 0 Å². The summed E-state index contributed by atoms with van der Waals surface area (Å²) in [5, 5.41) is 3.44. The zero-order valence-corrected chi connectivity index (χ0v) is 15.9. The van der Waals surface area contributed by atoms with Gasteiger partial charge in [-0.05, 0) is 23.8 Å². The maximum absolute atomic E-state index is 11.1. The Bertz CT molecular complexity index is 888. The van der Waals surface area contributed by atoms with Crippen LogP contribution < -0.4 is 15.8 Å². The Hall–Kier alpha value is -3.12. The number of anilines is 3. The predicted molar refractivity (Wildman–Crippen MR) is 109 cm³/mol. The third kappa shape index (κ3) is 5.43. The lowest BCUT2D eigenvalue weighted by molar-refractivity contribution is 0.112. The van der Waals surface area contributed by atoms with Crippen molar-refractivity contribution in [1.82, 2.24) is 9.97 Å². The lowest BCUT2D eigenvalue weighted by atomic mass is 10.2. The van der Waals surface area contributed by atoms with Gasteiger partial charge < -0.3 is 15.8 Å². The molecule has 0 bridgehead atoms. The van der Waals surface area contributed by atoms with Gasteiger partial charge in [-0.2, -0.15) is 0 Å². The van der Waals surface area contributed by atoms with E-state index in [9.17, 15) is 4.79 Å². The summed E-state index contributed by atoms with van der Waals surface area (Å²) < 4.78 is 5.73. The van der Waals surface area contributed by atoms with Crippen molar-refractivity contribution < 1.29 is 9.53 Å². The van der Waals surface area contributed by atoms with E-state index in [-0.39, 0.29) is 11.4 Å². The van der Waals surface area contributed by atoms with Crippen molar-refractivity contribution in [3.63, 3.8) is 0 Å². The number of carbonyl (C=O) groups is 1. The van der Waals surface area contributed by atoms with Crippen molar-refractivity contribution in [3.05, 3.63) is 71.0 Å². The van der Waals surface area contributed by atoms with Crippen LogP contribution in [0.2, 0.25) is 5.02 Å². The number of benzene rings is 2. The van der Waals surface area contributed by atoms with Crippen LogP contribution in [0.15, 0.2) is 54.9 Å². The van der Waals surface area contributed by atoms with Crippen molar-refractivity contribution in [3.8, 4) is 5.75 Å². The zero-order valence-electron chi connectivity index (χ0n) is 15.1. The van der Waals surface area contributed by atoms with E-state index in [0.29, 0.717) is 35.2 Å². The van der Waals surface area contributed by atoms with E-state index in [4.69, 9.17) is 22.1 Å². The number of halogens is 1. The van der Waals surface area contributed by atoms with Crippen LogP contribution in [0, 0.1) is 0 Å². The largest absolute Gasteiger partial charge is 0.487 e. The molecule has 6 nitrogen and oxygen atoms in total. The molecule has 27 heavy (non-hydrogen) atoms. The SMILES string of the molecule is CC.Nc1ncnc(Nc2ccc(OCc3ccccc3)c(Cl)c2)c1C=O. The maximum atomic E-state index is 11.1. The molecule has 3 rings (SSSR count). The van der Waals surface area contributed by atoms with E-state index in [1.807, 2.05) is 44.2 Å². The highest BCUT2D eigenvalue weighted by molar-refractivity contribution is 6.32. The summed E-state index contributed by atoms with van der Waals surface area (Å²) in [6.45, 7) is 4.42. The van der Waals surface area contributed by atoms with E-state index in [1.165, 1.54) is 6.33 Å². The van der Waals surface area contributed by atoms with E-state index >= 15 is 0 Å². The van der Waals surface area contributed by atoms with E-state index < -0.39 is 0 Å². The molecule has 0 unspecified atom stereocenters. The van der Waals surface area contributed by atoms with Crippen LogP contribution in [0.5, 0.6) is 5.75 Å². The third-order valence-corrected chi connectivity index (χ3v) is 3.76. The molecular formula is C20H21ClN4O2. The quantitative estimate of drug-likeness (QED) is 0.589. The number of aldehydes is 1. The molecule has 1 aromatic heterocycles.